The van der Waals surface area contributed by atoms with E-state index in [9.17, 15) is 0 Å². The van der Waals surface area contributed by atoms with E-state index in [0.29, 0.717) is 17.2 Å². The maximum atomic E-state index is 6.43. The summed E-state index contributed by atoms with van der Waals surface area (Å²) in [5.74, 6) is 6.88. The average Bonchev–Trinajstić information content (AvgIpc) is 2.70. The number of hydrogen-bond donors (Lipinski definition) is 2. The quantitative estimate of drug-likeness (QED) is 0.249. The number of methoxy groups -OCH3 is 1. The highest BCUT2D eigenvalue weighted by atomic mass is 16.5. The van der Waals surface area contributed by atoms with E-state index in [0.717, 1.165) is 18.3 Å². The van der Waals surface area contributed by atoms with Gasteiger partial charge in [0.1, 0.15) is 5.76 Å². The number of allylic oxidation sites excluding steroid dienone is 3. The number of hydrazine groups is 1. The van der Waals surface area contributed by atoms with Gasteiger partial charge in [0.2, 0.25) is 0 Å². The van der Waals surface area contributed by atoms with Crippen LogP contribution in [-0.2, 0) is 4.74 Å². The minimum absolute atomic E-state index is 0.454. The summed E-state index contributed by atoms with van der Waals surface area (Å²) in [6.07, 6.45) is 7.14. The molecule has 0 aliphatic rings. The van der Waals surface area contributed by atoms with Crippen LogP contribution in [0.1, 0.15) is 12.5 Å². The highest BCUT2D eigenvalue weighted by Gasteiger charge is 2.18. The fourth-order valence-electron chi connectivity index (χ4n) is 2.77. The lowest BCUT2D eigenvalue weighted by Gasteiger charge is -2.26. The molecule has 0 atom stereocenters. The van der Waals surface area contributed by atoms with Crippen molar-refractivity contribution >= 4 is 23.9 Å². The standard InChI is InChI=1S/C22H26BN3O/c1-4-5-15-21(17(2)27-3)26(25)22(16-24)19-13-9-10-14-20(19)23-18-11-7-6-8-12-18/h4-16,23H,2,24-25H2,1,3H3/b5-4-,21-15+,22-16-. The Balaban J connectivity index is 2.44. The molecule has 0 spiro atoms. The molecule has 0 saturated carbocycles. The molecule has 0 saturated heterocycles. The number of nitrogens with two attached hydrogens (primary N) is 2. The van der Waals surface area contributed by atoms with Gasteiger partial charge in [0, 0.05) is 6.20 Å². The maximum absolute atomic E-state index is 6.43. The average molecular weight is 359 g/mol. The van der Waals surface area contributed by atoms with Crippen LogP contribution in [0.5, 0.6) is 0 Å². The van der Waals surface area contributed by atoms with Gasteiger partial charge in [-0.05, 0) is 18.6 Å². The van der Waals surface area contributed by atoms with Gasteiger partial charge in [0.25, 0.3) is 0 Å². The summed E-state index contributed by atoms with van der Waals surface area (Å²) in [7, 11) is 2.34. The van der Waals surface area contributed by atoms with Crippen LogP contribution in [0.4, 0.5) is 0 Å². The van der Waals surface area contributed by atoms with Crippen molar-refractivity contribution in [2.24, 2.45) is 11.6 Å². The van der Waals surface area contributed by atoms with E-state index in [2.05, 4.69) is 24.8 Å². The van der Waals surface area contributed by atoms with Crippen LogP contribution < -0.4 is 22.5 Å². The van der Waals surface area contributed by atoms with Crippen LogP contribution in [0.2, 0.25) is 0 Å². The minimum Gasteiger partial charge on any atom is -0.495 e. The van der Waals surface area contributed by atoms with E-state index in [1.165, 1.54) is 16.7 Å². The van der Waals surface area contributed by atoms with Gasteiger partial charge in [0.15, 0.2) is 7.28 Å². The molecule has 0 aliphatic heterocycles. The highest BCUT2D eigenvalue weighted by molar-refractivity contribution is 6.68. The third-order valence-electron chi connectivity index (χ3n) is 4.19. The van der Waals surface area contributed by atoms with Crippen LogP contribution in [0.25, 0.3) is 5.70 Å². The maximum Gasteiger partial charge on any atom is 0.193 e. The van der Waals surface area contributed by atoms with Crippen LogP contribution in [0, 0.1) is 0 Å². The number of ether oxygens (including phenoxy) is 1. The van der Waals surface area contributed by atoms with Gasteiger partial charge in [-0.1, -0.05) is 84.3 Å². The third kappa shape index (κ3) is 5.15. The largest absolute Gasteiger partial charge is 0.495 e. The Labute approximate surface area is 162 Å². The van der Waals surface area contributed by atoms with Crippen LogP contribution >= 0.6 is 0 Å². The van der Waals surface area contributed by atoms with Crippen molar-refractivity contribution in [3.05, 3.63) is 103 Å². The van der Waals surface area contributed by atoms with E-state index < -0.39 is 0 Å². The van der Waals surface area contributed by atoms with Crippen molar-refractivity contribution in [1.82, 2.24) is 5.01 Å². The Morgan fingerprint density at radius 2 is 1.78 bits per heavy atom. The lowest BCUT2D eigenvalue weighted by Crippen LogP contribution is -2.35. The van der Waals surface area contributed by atoms with E-state index in [1.54, 1.807) is 7.11 Å². The summed E-state index contributed by atoms with van der Waals surface area (Å²) in [4.78, 5) is 0. The zero-order valence-corrected chi connectivity index (χ0v) is 15.9. The molecule has 2 rings (SSSR count). The van der Waals surface area contributed by atoms with Gasteiger partial charge in [-0.15, -0.1) is 0 Å². The molecule has 0 amide bonds. The second kappa shape index (κ2) is 10.1. The summed E-state index contributed by atoms with van der Waals surface area (Å²) >= 11 is 0. The summed E-state index contributed by atoms with van der Waals surface area (Å²) in [6.45, 7) is 5.86. The summed E-state index contributed by atoms with van der Waals surface area (Å²) in [6, 6.07) is 18.4. The minimum atomic E-state index is 0.454. The fourth-order valence-corrected chi connectivity index (χ4v) is 2.77. The molecule has 4 N–H and O–H groups in total. The van der Waals surface area contributed by atoms with Gasteiger partial charge in [0.05, 0.1) is 18.5 Å². The highest BCUT2D eigenvalue weighted by Crippen LogP contribution is 2.22. The molecule has 0 aromatic heterocycles. The number of benzene rings is 2. The van der Waals surface area contributed by atoms with Crippen LogP contribution in [-0.4, -0.2) is 19.4 Å². The van der Waals surface area contributed by atoms with Crippen molar-refractivity contribution in [3.63, 3.8) is 0 Å². The Morgan fingerprint density at radius 1 is 1.11 bits per heavy atom. The zero-order chi connectivity index (χ0) is 19.6. The Morgan fingerprint density at radius 3 is 2.41 bits per heavy atom. The molecule has 2 aromatic rings. The van der Waals surface area contributed by atoms with Gasteiger partial charge in [-0.3, -0.25) is 5.01 Å². The molecule has 0 heterocycles. The molecule has 5 heteroatoms. The van der Waals surface area contributed by atoms with Crippen molar-refractivity contribution in [2.45, 2.75) is 6.92 Å². The van der Waals surface area contributed by atoms with E-state index in [4.69, 9.17) is 16.3 Å². The molecule has 138 valence electrons. The van der Waals surface area contributed by atoms with Crippen molar-refractivity contribution < 1.29 is 4.74 Å². The lowest BCUT2D eigenvalue weighted by atomic mass is 9.62. The van der Waals surface area contributed by atoms with Gasteiger partial charge in [-0.25, -0.2) is 5.84 Å². The third-order valence-corrected chi connectivity index (χ3v) is 4.19. The number of nitrogens with zero attached hydrogens (tertiary/aromatic N) is 1. The normalized spacial score (nSPS) is 12.1. The first-order chi connectivity index (χ1) is 13.1. The first-order valence-corrected chi connectivity index (χ1v) is 8.77. The summed E-state index contributed by atoms with van der Waals surface area (Å²) in [5.41, 5.74) is 10.6. The second-order valence-electron chi connectivity index (χ2n) is 5.95. The first-order valence-electron chi connectivity index (χ1n) is 8.77. The molecule has 0 bridgehead atoms. The topological polar surface area (TPSA) is 64.5 Å². The smallest absolute Gasteiger partial charge is 0.193 e. The summed E-state index contributed by atoms with van der Waals surface area (Å²) < 4.78 is 5.30. The fraction of sp³-hybridized carbons (Fsp3) is 0.0909. The second-order valence-corrected chi connectivity index (χ2v) is 5.95. The van der Waals surface area contributed by atoms with Gasteiger partial charge in [-0.2, -0.15) is 0 Å². The Bertz CT molecular complexity index is 857. The lowest BCUT2D eigenvalue weighted by molar-refractivity contribution is 0.282. The van der Waals surface area contributed by atoms with Gasteiger partial charge >= 0.3 is 0 Å². The molecule has 0 aliphatic carbocycles. The molecule has 4 nitrogen and oxygen atoms in total. The van der Waals surface area contributed by atoms with E-state index in [-0.39, 0.29) is 0 Å². The first kappa shape index (κ1) is 20.1. The van der Waals surface area contributed by atoms with E-state index in [1.807, 2.05) is 61.5 Å². The predicted molar refractivity (Wildman–Crippen MR) is 117 cm³/mol. The molecule has 27 heavy (non-hydrogen) atoms. The van der Waals surface area contributed by atoms with E-state index >= 15 is 0 Å². The predicted octanol–water partition coefficient (Wildman–Crippen LogP) is 2.13. The van der Waals surface area contributed by atoms with Gasteiger partial charge < -0.3 is 10.5 Å². The Kier molecular flexibility index (Phi) is 7.53. The number of rotatable bonds is 8. The van der Waals surface area contributed by atoms with Crippen LogP contribution in [0.3, 0.4) is 0 Å². The Hall–Kier alpha value is -3.18. The zero-order valence-electron chi connectivity index (χ0n) is 15.9. The van der Waals surface area contributed by atoms with Crippen molar-refractivity contribution in [3.8, 4) is 0 Å². The van der Waals surface area contributed by atoms with Crippen molar-refractivity contribution in [1.29, 1.82) is 0 Å². The molecule has 0 fully saturated rings. The molecular weight excluding hydrogens is 333 g/mol. The molecular formula is C22H26BN3O. The van der Waals surface area contributed by atoms with Crippen molar-refractivity contribution in [2.75, 3.05) is 7.11 Å². The SMILES string of the molecule is C=C(OC)/C(=C\C=C/C)N(N)/C(=C\N)c1ccccc1Bc1ccccc1. The summed E-state index contributed by atoms with van der Waals surface area (Å²) in [5, 5.41) is 1.51. The monoisotopic (exact) mass is 359 g/mol. The molecule has 2 aromatic carbocycles. The van der Waals surface area contributed by atoms with Crippen LogP contribution in [0.15, 0.2) is 97.1 Å². The number of hydrogen-bond acceptors (Lipinski definition) is 4. The molecule has 0 radical (unpaired) electrons. The molecule has 0 unspecified atom stereocenters.